The largest absolute Gasteiger partial charge is 0.493 e. The molecule has 4 amide bonds. The van der Waals surface area contributed by atoms with Crippen molar-refractivity contribution in [3.8, 4) is 16.2 Å². The Morgan fingerprint density at radius 3 is 2.42 bits per heavy atom. The van der Waals surface area contributed by atoms with Crippen molar-refractivity contribution < 1.29 is 33.4 Å². The lowest BCUT2D eigenvalue weighted by molar-refractivity contribution is -0.145. The van der Waals surface area contributed by atoms with Crippen LogP contribution in [0, 0.1) is 23.7 Å². The summed E-state index contributed by atoms with van der Waals surface area (Å²) in [7, 11) is 0. The second kappa shape index (κ2) is 23.3. The van der Waals surface area contributed by atoms with Crippen LogP contribution in [0.15, 0.2) is 64.2 Å². The van der Waals surface area contributed by atoms with Gasteiger partial charge in [0.15, 0.2) is 5.67 Å². The molecule has 394 valence electrons. The fraction of sp³-hybridized carbons (Fsp3) is 0.566. The van der Waals surface area contributed by atoms with Crippen LogP contribution in [-0.4, -0.2) is 130 Å². The number of rotatable bonds is 19. The molecule has 0 spiro atoms. The molecule has 5 heterocycles. The molecular weight excluding hydrogens is 991 g/mol. The van der Waals surface area contributed by atoms with Gasteiger partial charge in [-0.05, 0) is 119 Å². The zero-order valence-corrected chi connectivity index (χ0v) is 44.9. The number of aliphatic hydroxyl groups is 1. The maximum Gasteiger partial charge on any atom is 0.258 e. The van der Waals surface area contributed by atoms with Gasteiger partial charge >= 0.3 is 0 Å². The lowest BCUT2D eigenvalue weighted by Crippen LogP contribution is -2.59. The van der Waals surface area contributed by atoms with E-state index in [9.17, 15) is 28.7 Å². The van der Waals surface area contributed by atoms with Gasteiger partial charge in [-0.15, -0.1) is 11.3 Å². The number of amides is 4. The number of carbonyl (C=O) groups excluding carboxylic acids is 4. The zero-order valence-electron chi connectivity index (χ0n) is 42.6. The van der Waals surface area contributed by atoms with E-state index in [-0.39, 0.29) is 49.6 Å². The number of alkyl halides is 1. The van der Waals surface area contributed by atoms with Gasteiger partial charge in [-0.1, -0.05) is 69.3 Å². The number of unbranched alkanes of at least 4 members (excludes halogenated alkanes) is 1. The van der Waals surface area contributed by atoms with E-state index in [1.54, 1.807) is 32.5 Å². The molecule has 1 saturated carbocycles. The number of piperidine rings is 2. The Morgan fingerprint density at radius 2 is 1.77 bits per heavy atom. The number of anilines is 2. The first kappa shape index (κ1) is 54.3. The predicted molar refractivity (Wildman–Crippen MR) is 283 cm³/mol. The van der Waals surface area contributed by atoms with Crippen molar-refractivity contribution >= 4 is 69.8 Å². The van der Waals surface area contributed by atoms with Crippen molar-refractivity contribution in [1.29, 1.82) is 0 Å². The number of thiazole rings is 1. The van der Waals surface area contributed by atoms with Crippen LogP contribution in [0.4, 0.5) is 15.9 Å². The summed E-state index contributed by atoms with van der Waals surface area (Å²) in [6.07, 6.45) is 8.04. The average molecular weight is 1060 g/mol. The van der Waals surface area contributed by atoms with Crippen molar-refractivity contribution in [1.82, 2.24) is 35.4 Å². The van der Waals surface area contributed by atoms with Crippen molar-refractivity contribution in [3.05, 3.63) is 70.6 Å². The van der Waals surface area contributed by atoms with Crippen LogP contribution in [0.1, 0.15) is 96.7 Å². The van der Waals surface area contributed by atoms with Crippen LogP contribution in [0.25, 0.3) is 10.4 Å². The smallest absolute Gasteiger partial charge is 0.258 e. The first-order valence-electron chi connectivity index (χ1n) is 25.5. The molecule has 0 bridgehead atoms. The van der Waals surface area contributed by atoms with Gasteiger partial charge in [-0.2, -0.15) is 0 Å². The first-order valence-corrected chi connectivity index (χ1v) is 27.6. The van der Waals surface area contributed by atoms with Gasteiger partial charge in [-0.25, -0.2) is 19.3 Å². The van der Waals surface area contributed by atoms with Crippen LogP contribution in [0.3, 0.4) is 0 Å². The molecule has 3 saturated heterocycles. The summed E-state index contributed by atoms with van der Waals surface area (Å²) in [6.45, 7) is 14.9. The molecule has 6 N–H and O–H groups in total. The number of nitrogens with two attached hydrogens (primary N) is 1. The molecule has 1 aliphatic carbocycles. The molecular formula is C53H70ClFN10O6S2. The SMILES string of the molecule is Cc1ncsc1-c1ccc(CNC(=O)[C@@H]2C[C@@H](O)CN2C(=O)[C@@H](NC(=O)C2(F)CC2)C(C)(C)C)c(OCCCCN2CCC(C(=O)Nc3cccc(Sc4cnc(N5CCC(C)(CN)CC5)cn4)c3Cl)CC2)c1. The number of likely N-dealkylation sites (tertiary alicyclic amines) is 2. The number of nitrogens with zero attached hydrogens (tertiary/aromatic N) is 6. The summed E-state index contributed by atoms with van der Waals surface area (Å²) in [6, 6.07) is 9.39. The summed E-state index contributed by atoms with van der Waals surface area (Å²) in [4.78, 5) is 75.6. The van der Waals surface area contributed by atoms with E-state index in [0.29, 0.717) is 34.6 Å². The summed E-state index contributed by atoms with van der Waals surface area (Å²) in [5, 5.41) is 20.5. The van der Waals surface area contributed by atoms with Crippen LogP contribution in [0.2, 0.25) is 5.02 Å². The van der Waals surface area contributed by atoms with E-state index in [4.69, 9.17) is 27.1 Å². The van der Waals surface area contributed by atoms with Crippen molar-refractivity contribution in [2.75, 3.05) is 62.6 Å². The number of halogens is 2. The van der Waals surface area contributed by atoms with Crippen LogP contribution in [0.5, 0.6) is 5.75 Å². The fourth-order valence-corrected chi connectivity index (χ4v) is 11.5. The third-order valence-corrected chi connectivity index (χ3v) is 17.3. The van der Waals surface area contributed by atoms with Crippen molar-refractivity contribution in [2.24, 2.45) is 22.5 Å². The number of benzene rings is 2. The van der Waals surface area contributed by atoms with E-state index < -0.39 is 47.0 Å². The maximum atomic E-state index is 14.7. The highest BCUT2D eigenvalue weighted by Gasteiger charge is 2.53. The van der Waals surface area contributed by atoms with E-state index in [1.165, 1.54) is 28.0 Å². The number of β-amino-alcohol motifs (C(OH)–C–C–N with tert-alkyl or cyclic N) is 1. The molecule has 4 aliphatic rings. The molecule has 3 atom stereocenters. The van der Waals surface area contributed by atoms with Crippen molar-refractivity contribution in [3.63, 3.8) is 0 Å². The Hall–Kier alpha value is -4.92. The minimum absolute atomic E-state index is 0.0270. The highest BCUT2D eigenvalue weighted by Crippen LogP contribution is 2.41. The van der Waals surface area contributed by atoms with Gasteiger partial charge in [0.1, 0.15) is 28.7 Å². The molecule has 2 aromatic heterocycles. The van der Waals surface area contributed by atoms with E-state index in [1.807, 2.05) is 49.5 Å². The lowest BCUT2D eigenvalue weighted by Gasteiger charge is -2.39. The molecule has 3 aliphatic heterocycles. The second-order valence-corrected chi connectivity index (χ2v) is 23.8. The number of aliphatic hydroxyl groups excluding tert-OH is 1. The normalized spacial score (nSPS) is 20.3. The molecule has 0 unspecified atom stereocenters. The highest BCUT2D eigenvalue weighted by atomic mass is 35.5. The Balaban J connectivity index is 0.799. The first-order chi connectivity index (χ1) is 34.8. The fourth-order valence-electron chi connectivity index (χ4n) is 9.65. The number of aryl methyl sites for hydroxylation is 1. The lowest BCUT2D eigenvalue weighted by atomic mass is 9.80. The molecule has 4 fully saturated rings. The van der Waals surface area contributed by atoms with Gasteiger partial charge in [0.05, 0.1) is 51.9 Å². The molecule has 20 heteroatoms. The third kappa shape index (κ3) is 13.5. The van der Waals surface area contributed by atoms with Gasteiger partial charge in [0.2, 0.25) is 17.7 Å². The van der Waals surface area contributed by atoms with Crippen LogP contribution >= 0.6 is 34.7 Å². The Morgan fingerprint density at radius 1 is 1.01 bits per heavy atom. The third-order valence-electron chi connectivity index (χ3n) is 14.8. The van der Waals surface area contributed by atoms with E-state index in [2.05, 4.69) is 42.6 Å². The summed E-state index contributed by atoms with van der Waals surface area (Å²) in [5.74, 6) is -0.525. The van der Waals surface area contributed by atoms with Gasteiger partial charge in [0.25, 0.3) is 5.91 Å². The van der Waals surface area contributed by atoms with E-state index >= 15 is 0 Å². The minimum atomic E-state index is -1.97. The molecule has 0 radical (unpaired) electrons. The number of hydrogen-bond donors (Lipinski definition) is 5. The predicted octanol–water partition coefficient (Wildman–Crippen LogP) is 7.40. The average Bonchev–Trinajstić information content (AvgIpc) is 3.78. The number of ether oxygens (including phenoxy) is 1. The number of aromatic nitrogens is 3. The molecule has 73 heavy (non-hydrogen) atoms. The standard InChI is InChI=1S/C53H70ClFN10O6S2/c1-33-45(72-32-60-33)35-11-12-36(27-59-48(68)39-26-37(66)30-65(39)49(69)46(51(2,3)4)62-50(70)53(55)15-16-53)40(25-35)71-24-7-6-19-63-20-13-34(14-21-63)47(67)61-38-9-8-10-41(44(38)54)73-43-29-57-42(28-58-43)64-22-17-52(5,31-56)18-23-64/h8-12,25,28-29,32,34,37,39,46,66H,6-7,13-24,26-27,30-31,56H2,1-5H3,(H,59,68)(H,61,67)(H,62,70)/t37-,39+,46-/m1/s1. The maximum absolute atomic E-state index is 14.7. The summed E-state index contributed by atoms with van der Waals surface area (Å²) >= 11 is 9.81. The Bertz CT molecular complexity index is 2600. The van der Waals surface area contributed by atoms with Crippen LogP contribution < -0.4 is 31.3 Å². The topological polar surface area (TPSA) is 208 Å². The summed E-state index contributed by atoms with van der Waals surface area (Å²) in [5.41, 5.74) is 8.37. The number of carbonyl (C=O) groups is 4. The Labute approximate surface area is 441 Å². The zero-order chi connectivity index (χ0) is 52.1. The monoisotopic (exact) mass is 1060 g/mol. The molecule has 2 aromatic carbocycles. The molecule has 16 nitrogen and oxygen atoms in total. The molecule has 8 rings (SSSR count). The van der Waals surface area contributed by atoms with Crippen LogP contribution in [-0.2, 0) is 25.7 Å². The van der Waals surface area contributed by atoms with Gasteiger partial charge in [-0.3, -0.25) is 19.2 Å². The highest BCUT2D eigenvalue weighted by molar-refractivity contribution is 7.99. The summed E-state index contributed by atoms with van der Waals surface area (Å²) < 4.78 is 21.1. The quantitative estimate of drug-likeness (QED) is 0.0581. The minimum Gasteiger partial charge on any atom is -0.493 e. The molecule has 4 aromatic rings. The van der Waals surface area contributed by atoms with Crippen molar-refractivity contribution in [2.45, 2.75) is 133 Å². The van der Waals surface area contributed by atoms with E-state index in [0.717, 1.165) is 104 Å². The Kier molecular flexibility index (Phi) is 17.4. The number of nitrogens with one attached hydrogen (secondary N) is 3. The van der Waals surface area contributed by atoms with Gasteiger partial charge in [0, 0.05) is 49.0 Å². The number of hydrogen-bond acceptors (Lipinski definition) is 14. The van der Waals surface area contributed by atoms with Gasteiger partial charge < -0.3 is 46.2 Å². The second-order valence-electron chi connectivity index (χ2n) is 21.5.